The average Bonchev–Trinajstić information content (AvgIpc) is 2.61. The summed E-state index contributed by atoms with van der Waals surface area (Å²) < 4.78 is 0. The summed E-state index contributed by atoms with van der Waals surface area (Å²) in [5, 5.41) is 12.2. The number of anilines is 1. The van der Waals surface area contributed by atoms with E-state index in [-0.39, 0.29) is 6.61 Å². The monoisotopic (exact) mass is 206 g/mol. The molecule has 4 N–H and O–H groups in total. The highest BCUT2D eigenvalue weighted by Crippen LogP contribution is 2.32. The highest BCUT2D eigenvalue weighted by atomic mass is 16.3. The quantitative estimate of drug-likeness (QED) is 0.513. The molecule has 0 heterocycles. The van der Waals surface area contributed by atoms with Crippen LogP contribution >= 0.6 is 0 Å². The Balaban J connectivity index is 2.02. The number of hydrogen-bond donors (Lipinski definition) is 3. The van der Waals surface area contributed by atoms with Crippen molar-refractivity contribution in [2.75, 3.05) is 18.9 Å². The third-order valence-electron chi connectivity index (χ3n) is 2.97. The molecule has 1 atom stereocenters. The molecule has 0 bridgehead atoms. The molecule has 0 saturated heterocycles. The van der Waals surface area contributed by atoms with Gasteiger partial charge in [-0.2, -0.15) is 0 Å². The van der Waals surface area contributed by atoms with Crippen LogP contribution in [0.5, 0.6) is 0 Å². The van der Waals surface area contributed by atoms with E-state index in [4.69, 9.17) is 10.8 Å². The van der Waals surface area contributed by atoms with Crippen LogP contribution in [-0.2, 0) is 6.42 Å². The van der Waals surface area contributed by atoms with E-state index >= 15 is 0 Å². The van der Waals surface area contributed by atoms with Crippen molar-refractivity contribution in [1.82, 2.24) is 5.32 Å². The number of aliphatic hydroxyl groups is 1. The molecule has 3 nitrogen and oxygen atoms in total. The zero-order valence-corrected chi connectivity index (χ0v) is 8.87. The largest absolute Gasteiger partial charge is 0.399 e. The predicted molar refractivity (Wildman–Crippen MR) is 61.6 cm³/mol. The number of nitrogen functional groups attached to an aromatic ring is 1. The van der Waals surface area contributed by atoms with E-state index in [1.807, 2.05) is 6.07 Å². The van der Waals surface area contributed by atoms with Gasteiger partial charge in [-0.25, -0.2) is 0 Å². The van der Waals surface area contributed by atoms with Crippen LogP contribution in [0.3, 0.4) is 0 Å². The number of rotatable bonds is 4. The van der Waals surface area contributed by atoms with Crippen LogP contribution in [0.25, 0.3) is 0 Å². The van der Waals surface area contributed by atoms with E-state index < -0.39 is 0 Å². The topological polar surface area (TPSA) is 58.3 Å². The van der Waals surface area contributed by atoms with Gasteiger partial charge in [-0.1, -0.05) is 6.07 Å². The summed E-state index contributed by atoms with van der Waals surface area (Å²) in [7, 11) is 0. The lowest BCUT2D eigenvalue weighted by molar-refractivity contribution is 0.283. The number of hydrogen-bond acceptors (Lipinski definition) is 3. The Bertz CT molecular complexity index is 338. The molecule has 0 fully saturated rings. The molecule has 1 aliphatic rings. The van der Waals surface area contributed by atoms with Crippen molar-refractivity contribution in [3.8, 4) is 0 Å². The fourth-order valence-corrected chi connectivity index (χ4v) is 2.20. The summed E-state index contributed by atoms with van der Waals surface area (Å²) in [6.45, 7) is 1.14. The van der Waals surface area contributed by atoms with E-state index in [9.17, 15) is 0 Å². The SMILES string of the molecule is Nc1ccc2c(c1)CCC2NCCCO. The van der Waals surface area contributed by atoms with E-state index in [2.05, 4.69) is 17.4 Å². The smallest absolute Gasteiger partial charge is 0.0443 e. The van der Waals surface area contributed by atoms with Crippen molar-refractivity contribution in [3.63, 3.8) is 0 Å². The minimum Gasteiger partial charge on any atom is -0.399 e. The number of fused-ring (bicyclic) bond motifs is 1. The van der Waals surface area contributed by atoms with Gasteiger partial charge in [0.25, 0.3) is 0 Å². The molecule has 2 rings (SSSR count). The first-order chi connectivity index (χ1) is 7.31. The lowest BCUT2D eigenvalue weighted by Crippen LogP contribution is -2.21. The van der Waals surface area contributed by atoms with Gasteiger partial charge in [0.15, 0.2) is 0 Å². The Morgan fingerprint density at radius 2 is 2.33 bits per heavy atom. The first-order valence-electron chi connectivity index (χ1n) is 5.54. The Labute approximate surface area is 90.3 Å². The first-order valence-corrected chi connectivity index (χ1v) is 5.54. The van der Waals surface area contributed by atoms with Gasteiger partial charge in [-0.3, -0.25) is 0 Å². The van der Waals surface area contributed by atoms with Crippen LogP contribution in [0, 0.1) is 0 Å². The highest BCUT2D eigenvalue weighted by Gasteiger charge is 2.21. The highest BCUT2D eigenvalue weighted by molar-refractivity contribution is 5.47. The molecular weight excluding hydrogens is 188 g/mol. The van der Waals surface area contributed by atoms with Gasteiger partial charge in [0.2, 0.25) is 0 Å². The summed E-state index contributed by atoms with van der Waals surface area (Å²) in [4.78, 5) is 0. The fourth-order valence-electron chi connectivity index (χ4n) is 2.20. The summed E-state index contributed by atoms with van der Waals surface area (Å²) >= 11 is 0. The van der Waals surface area contributed by atoms with Gasteiger partial charge in [0, 0.05) is 18.3 Å². The second kappa shape index (κ2) is 4.64. The molecule has 1 unspecified atom stereocenters. The van der Waals surface area contributed by atoms with E-state index in [1.54, 1.807) is 0 Å². The average molecular weight is 206 g/mol. The molecule has 15 heavy (non-hydrogen) atoms. The van der Waals surface area contributed by atoms with Crippen molar-refractivity contribution in [1.29, 1.82) is 0 Å². The summed E-state index contributed by atoms with van der Waals surface area (Å²) in [5.74, 6) is 0. The number of aryl methyl sites for hydroxylation is 1. The van der Waals surface area contributed by atoms with Gasteiger partial charge in [0.05, 0.1) is 0 Å². The molecule has 1 aromatic carbocycles. The lowest BCUT2D eigenvalue weighted by Gasteiger charge is -2.13. The third kappa shape index (κ3) is 2.30. The van der Waals surface area contributed by atoms with Gasteiger partial charge in [-0.15, -0.1) is 0 Å². The maximum Gasteiger partial charge on any atom is 0.0443 e. The van der Waals surface area contributed by atoms with Crippen LogP contribution in [0.2, 0.25) is 0 Å². The summed E-state index contributed by atoms with van der Waals surface area (Å²) in [6.07, 6.45) is 3.07. The predicted octanol–water partition coefficient (Wildman–Crippen LogP) is 1.23. The molecule has 0 aromatic heterocycles. The fraction of sp³-hybridized carbons (Fsp3) is 0.500. The summed E-state index contributed by atoms with van der Waals surface area (Å²) in [5.41, 5.74) is 9.34. The molecule has 0 radical (unpaired) electrons. The lowest BCUT2D eigenvalue weighted by atomic mass is 10.1. The minimum atomic E-state index is 0.258. The van der Waals surface area contributed by atoms with Crippen LogP contribution < -0.4 is 11.1 Å². The first kappa shape index (κ1) is 10.5. The maximum atomic E-state index is 8.72. The molecule has 0 spiro atoms. The Morgan fingerprint density at radius 1 is 1.47 bits per heavy atom. The van der Waals surface area contributed by atoms with E-state index in [0.29, 0.717) is 6.04 Å². The van der Waals surface area contributed by atoms with Gasteiger partial charge in [-0.05, 0) is 49.1 Å². The minimum absolute atomic E-state index is 0.258. The molecule has 82 valence electrons. The molecule has 1 aliphatic carbocycles. The van der Waals surface area contributed by atoms with Gasteiger partial charge < -0.3 is 16.2 Å². The number of nitrogens with one attached hydrogen (secondary N) is 1. The Hall–Kier alpha value is -1.06. The van der Waals surface area contributed by atoms with Crippen molar-refractivity contribution in [2.45, 2.75) is 25.3 Å². The number of benzene rings is 1. The van der Waals surface area contributed by atoms with Crippen molar-refractivity contribution in [3.05, 3.63) is 29.3 Å². The van der Waals surface area contributed by atoms with E-state index in [1.165, 1.54) is 11.1 Å². The molecule has 3 heteroatoms. The van der Waals surface area contributed by atoms with E-state index in [0.717, 1.165) is 31.5 Å². The number of nitrogens with two attached hydrogens (primary N) is 1. The van der Waals surface area contributed by atoms with Crippen molar-refractivity contribution >= 4 is 5.69 Å². The molecule has 1 aromatic rings. The molecule has 0 saturated carbocycles. The standard InChI is InChI=1S/C12H18N2O/c13-10-3-4-11-9(8-10)2-5-12(11)14-6-1-7-15/h3-4,8,12,14-15H,1-2,5-7,13H2. The van der Waals surface area contributed by atoms with Crippen LogP contribution in [0.15, 0.2) is 18.2 Å². The summed E-state index contributed by atoms with van der Waals surface area (Å²) in [6, 6.07) is 6.61. The zero-order chi connectivity index (χ0) is 10.7. The second-order valence-electron chi connectivity index (χ2n) is 4.08. The maximum absolute atomic E-state index is 8.72. The molecule has 0 aliphatic heterocycles. The van der Waals surface area contributed by atoms with Crippen LogP contribution in [0.4, 0.5) is 5.69 Å². The van der Waals surface area contributed by atoms with Gasteiger partial charge >= 0.3 is 0 Å². The normalized spacial score (nSPS) is 19.1. The van der Waals surface area contributed by atoms with Gasteiger partial charge in [0.1, 0.15) is 0 Å². The molecular formula is C12H18N2O. The van der Waals surface area contributed by atoms with Crippen LogP contribution in [-0.4, -0.2) is 18.3 Å². The molecule has 0 amide bonds. The van der Waals surface area contributed by atoms with Crippen molar-refractivity contribution < 1.29 is 5.11 Å². The van der Waals surface area contributed by atoms with Crippen molar-refractivity contribution in [2.24, 2.45) is 0 Å². The Morgan fingerprint density at radius 3 is 3.13 bits per heavy atom. The second-order valence-corrected chi connectivity index (χ2v) is 4.08. The zero-order valence-electron chi connectivity index (χ0n) is 8.87. The van der Waals surface area contributed by atoms with Crippen LogP contribution in [0.1, 0.15) is 30.0 Å². The Kier molecular flexibility index (Phi) is 3.23. The third-order valence-corrected chi connectivity index (χ3v) is 2.97. The number of aliphatic hydroxyl groups excluding tert-OH is 1.